The Hall–Kier alpha value is -1.38. The Balaban J connectivity index is 2.37. The molecule has 0 aromatic heterocycles. The van der Waals surface area contributed by atoms with E-state index in [1.807, 2.05) is 0 Å². The number of hydrogen-bond acceptors (Lipinski definition) is 1. The average molecular weight is 194 g/mol. The third-order valence-electron chi connectivity index (χ3n) is 2.62. The Bertz CT molecular complexity index is 374. The lowest BCUT2D eigenvalue weighted by molar-refractivity contribution is 0.0696. The molecule has 14 heavy (non-hydrogen) atoms. The van der Waals surface area contributed by atoms with Gasteiger partial charge in [-0.1, -0.05) is 6.07 Å². The van der Waals surface area contributed by atoms with E-state index in [2.05, 4.69) is 0 Å². The fraction of sp³-hybridized carbons (Fsp3) is 0.364. The van der Waals surface area contributed by atoms with Gasteiger partial charge in [0.25, 0.3) is 0 Å². The van der Waals surface area contributed by atoms with Crippen LogP contribution in [0.4, 0.5) is 4.39 Å². The molecular weight excluding hydrogens is 183 g/mol. The summed E-state index contributed by atoms with van der Waals surface area (Å²) in [7, 11) is 0. The maximum Gasteiger partial charge on any atom is 0.335 e. The van der Waals surface area contributed by atoms with Crippen LogP contribution < -0.4 is 0 Å². The number of hydrogen-bond donors (Lipinski definition) is 1. The molecule has 0 amide bonds. The van der Waals surface area contributed by atoms with E-state index >= 15 is 0 Å². The molecule has 1 atom stereocenters. The maximum absolute atomic E-state index is 13.0. The topological polar surface area (TPSA) is 37.3 Å². The SMILES string of the molecule is O=C(O)c1ccc2c(c1)CC(F)CC2. The molecule has 2 nitrogen and oxygen atoms in total. The first kappa shape index (κ1) is 9.19. The van der Waals surface area contributed by atoms with Crippen molar-refractivity contribution in [1.29, 1.82) is 0 Å². The molecule has 0 aliphatic heterocycles. The first-order valence-corrected chi connectivity index (χ1v) is 4.66. The summed E-state index contributed by atoms with van der Waals surface area (Å²) in [5.74, 6) is -0.950. The van der Waals surface area contributed by atoms with Crippen molar-refractivity contribution in [2.75, 3.05) is 0 Å². The lowest BCUT2D eigenvalue weighted by Gasteiger charge is -2.19. The highest BCUT2D eigenvalue weighted by molar-refractivity contribution is 5.87. The zero-order chi connectivity index (χ0) is 10.1. The summed E-state index contributed by atoms with van der Waals surface area (Å²) in [5.41, 5.74) is 2.19. The minimum atomic E-state index is -0.950. The van der Waals surface area contributed by atoms with Crippen LogP contribution in [0.5, 0.6) is 0 Å². The number of aromatic carboxylic acids is 1. The number of carbonyl (C=O) groups is 1. The van der Waals surface area contributed by atoms with Crippen LogP contribution >= 0.6 is 0 Å². The number of aryl methyl sites for hydroxylation is 1. The van der Waals surface area contributed by atoms with Crippen molar-refractivity contribution in [2.24, 2.45) is 0 Å². The van der Waals surface area contributed by atoms with Gasteiger partial charge in [0, 0.05) is 6.42 Å². The summed E-state index contributed by atoms with van der Waals surface area (Å²) < 4.78 is 13.0. The van der Waals surface area contributed by atoms with Crippen LogP contribution in [0.1, 0.15) is 27.9 Å². The van der Waals surface area contributed by atoms with Gasteiger partial charge in [0.1, 0.15) is 6.17 Å². The molecule has 74 valence electrons. The van der Waals surface area contributed by atoms with Crippen LogP contribution in [0.2, 0.25) is 0 Å². The lowest BCUT2D eigenvalue weighted by Crippen LogP contribution is -2.15. The van der Waals surface area contributed by atoms with Crippen LogP contribution in [0.3, 0.4) is 0 Å². The minimum absolute atomic E-state index is 0.248. The zero-order valence-corrected chi connectivity index (χ0v) is 7.66. The number of halogens is 1. The molecule has 1 aliphatic rings. The fourth-order valence-corrected chi connectivity index (χ4v) is 1.85. The molecule has 0 saturated heterocycles. The monoisotopic (exact) mass is 194 g/mol. The number of carboxylic acid groups (broad SMARTS) is 1. The van der Waals surface area contributed by atoms with Gasteiger partial charge in [0.15, 0.2) is 0 Å². The Morgan fingerprint density at radius 3 is 2.93 bits per heavy atom. The number of fused-ring (bicyclic) bond motifs is 1. The lowest BCUT2D eigenvalue weighted by atomic mass is 9.89. The number of rotatable bonds is 1. The molecule has 1 aromatic carbocycles. The second kappa shape index (κ2) is 3.40. The van der Waals surface area contributed by atoms with Gasteiger partial charge >= 0.3 is 5.97 Å². The van der Waals surface area contributed by atoms with E-state index in [1.165, 1.54) is 0 Å². The molecule has 1 N–H and O–H groups in total. The van der Waals surface area contributed by atoms with Crippen molar-refractivity contribution >= 4 is 5.97 Å². The van der Waals surface area contributed by atoms with E-state index in [9.17, 15) is 9.18 Å². The minimum Gasteiger partial charge on any atom is -0.478 e. The molecule has 2 rings (SSSR count). The zero-order valence-electron chi connectivity index (χ0n) is 7.66. The highest BCUT2D eigenvalue weighted by Gasteiger charge is 2.18. The van der Waals surface area contributed by atoms with Gasteiger partial charge in [-0.2, -0.15) is 0 Å². The van der Waals surface area contributed by atoms with E-state index in [0.717, 1.165) is 17.5 Å². The van der Waals surface area contributed by atoms with E-state index in [4.69, 9.17) is 5.11 Å². The van der Waals surface area contributed by atoms with Crippen molar-refractivity contribution in [2.45, 2.75) is 25.4 Å². The van der Waals surface area contributed by atoms with Gasteiger partial charge in [-0.3, -0.25) is 0 Å². The normalized spacial score (nSPS) is 20.2. The molecule has 1 aromatic rings. The van der Waals surface area contributed by atoms with Crippen LogP contribution in [0.15, 0.2) is 18.2 Å². The molecule has 1 unspecified atom stereocenters. The van der Waals surface area contributed by atoms with Crippen molar-refractivity contribution < 1.29 is 14.3 Å². The molecular formula is C11H11FO2. The van der Waals surface area contributed by atoms with Crippen molar-refractivity contribution in [3.63, 3.8) is 0 Å². The number of alkyl halides is 1. The summed E-state index contributed by atoms with van der Waals surface area (Å²) in [6.07, 6.45) is 0.818. The quantitative estimate of drug-likeness (QED) is 0.744. The third kappa shape index (κ3) is 1.62. The molecule has 1 aliphatic carbocycles. The maximum atomic E-state index is 13.0. The average Bonchev–Trinajstić information content (AvgIpc) is 2.16. The van der Waals surface area contributed by atoms with Crippen LogP contribution in [0, 0.1) is 0 Å². The number of carboxylic acids is 1. The number of benzene rings is 1. The summed E-state index contributed by atoms with van der Waals surface area (Å²) in [6, 6.07) is 4.97. The predicted molar refractivity (Wildman–Crippen MR) is 50.3 cm³/mol. The van der Waals surface area contributed by atoms with Gasteiger partial charge in [0.2, 0.25) is 0 Å². The fourth-order valence-electron chi connectivity index (χ4n) is 1.85. The first-order chi connectivity index (χ1) is 6.66. The summed E-state index contributed by atoms with van der Waals surface area (Å²) in [6.45, 7) is 0. The summed E-state index contributed by atoms with van der Waals surface area (Å²) >= 11 is 0. The molecule has 0 spiro atoms. The second-order valence-electron chi connectivity index (χ2n) is 3.63. The van der Waals surface area contributed by atoms with Crippen LogP contribution in [-0.2, 0) is 12.8 Å². The largest absolute Gasteiger partial charge is 0.478 e. The molecule has 3 heteroatoms. The van der Waals surface area contributed by atoms with Crippen LogP contribution in [0.25, 0.3) is 0 Å². The molecule has 0 saturated carbocycles. The Morgan fingerprint density at radius 1 is 1.43 bits per heavy atom. The van der Waals surface area contributed by atoms with Crippen molar-refractivity contribution in [3.8, 4) is 0 Å². The van der Waals surface area contributed by atoms with Gasteiger partial charge < -0.3 is 5.11 Å². The predicted octanol–water partition coefficient (Wildman–Crippen LogP) is 2.21. The third-order valence-corrected chi connectivity index (χ3v) is 2.62. The summed E-state index contributed by atoms with van der Waals surface area (Å²) in [4.78, 5) is 10.7. The highest BCUT2D eigenvalue weighted by atomic mass is 19.1. The molecule has 0 bridgehead atoms. The van der Waals surface area contributed by atoms with Crippen molar-refractivity contribution in [3.05, 3.63) is 34.9 Å². The van der Waals surface area contributed by atoms with Gasteiger partial charge in [-0.15, -0.1) is 0 Å². The highest BCUT2D eigenvalue weighted by Crippen LogP contribution is 2.24. The standard InChI is InChI=1S/C11H11FO2/c12-10-4-3-7-1-2-8(11(13)14)5-9(7)6-10/h1-2,5,10H,3-4,6H2,(H,13,14). The van der Waals surface area contributed by atoms with Crippen molar-refractivity contribution in [1.82, 2.24) is 0 Å². The first-order valence-electron chi connectivity index (χ1n) is 4.66. The Kier molecular flexibility index (Phi) is 2.23. The Morgan fingerprint density at radius 2 is 2.21 bits per heavy atom. The van der Waals surface area contributed by atoms with Gasteiger partial charge in [-0.05, 0) is 36.1 Å². The van der Waals surface area contributed by atoms with Crippen LogP contribution in [-0.4, -0.2) is 17.2 Å². The Labute approximate surface area is 81.4 Å². The molecule has 0 radical (unpaired) electrons. The van der Waals surface area contributed by atoms with Gasteiger partial charge in [0.05, 0.1) is 5.56 Å². The second-order valence-corrected chi connectivity index (χ2v) is 3.63. The molecule has 0 fully saturated rings. The van der Waals surface area contributed by atoms with Gasteiger partial charge in [-0.25, -0.2) is 9.18 Å². The van der Waals surface area contributed by atoms with E-state index in [1.54, 1.807) is 18.2 Å². The molecule has 0 heterocycles. The van der Waals surface area contributed by atoms with E-state index in [0.29, 0.717) is 12.8 Å². The summed E-state index contributed by atoms with van der Waals surface area (Å²) in [5, 5.41) is 8.76. The van der Waals surface area contributed by atoms with E-state index in [-0.39, 0.29) is 5.56 Å². The van der Waals surface area contributed by atoms with E-state index < -0.39 is 12.1 Å². The smallest absolute Gasteiger partial charge is 0.335 e.